The van der Waals surface area contributed by atoms with Crippen LogP contribution >= 0.6 is 0 Å². The molecule has 1 saturated carbocycles. The van der Waals surface area contributed by atoms with Crippen molar-refractivity contribution in [3.05, 3.63) is 107 Å². The van der Waals surface area contributed by atoms with Crippen molar-refractivity contribution in [2.24, 2.45) is 0 Å². The first-order valence-electron chi connectivity index (χ1n) is 15.8. The van der Waals surface area contributed by atoms with E-state index in [1.54, 1.807) is 52.0 Å². The lowest BCUT2D eigenvalue weighted by molar-refractivity contribution is 0.0443. The van der Waals surface area contributed by atoms with Crippen molar-refractivity contribution in [3.63, 3.8) is 0 Å². The van der Waals surface area contributed by atoms with E-state index in [1.165, 1.54) is 12.1 Å². The topological polar surface area (TPSA) is 130 Å². The summed E-state index contributed by atoms with van der Waals surface area (Å²) in [6.45, 7) is 8.96. The second-order valence-corrected chi connectivity index (χ2v) is 13.5. The Balaban J connectivity index is 1.52. The van der Waals surface area contributed by atoms with Crippen molar-refractivity contribution in [2.45, 2.75) is 89.3 Å². The molecule has 1 aromatic heterocycles. The van der Waals surface area contributed by atoms with Crippen molar-refractivity contribution < 1.29 is 23.1 Å². The van der Waals surface area contributed by atoms with Gasteiger partial charge in [-0.2, -0.15) is 5.26 Å². The van der Waals surface area contributed by atoms with Gasteiger partial charge < -0.3 is 19.8 Å². The van der Waals surface area contributed by atoms with Gasteiger partial charge in [0.1, 0.15) is 17.0 Å². The van der Waals surface area contributed by atoms with Crippen LogP contribution in [0.5, 0.6) is 0 Å². The Morgan fingerprint density at radius 2 is 1.70 bits per heavy atom. The Kier molecular flexibility index (Phi) is 9.48. The number of nitrogens with one attached hydrogen (secondary N) is 2. The number of alkyl carbamates (subject to hydrolysis) is 1. The number of rotatable bonds is 9. The fourth-order valence-electron chi connectivity index (χ4n) is 5.99. The molecule has 0 radical (unpaired) electrons. The predicted molar refractivity (Wildman–Crippen MR) is 175 cm³/mol. The van der Waals surface area contributed by atoms with E-state index in [9.17, 15) is 19.2 Å². The summed E-state index contributed by atoms with van der Waals surface area (Å²) in [5.74, 6) is -0.433. The maximum atomic E-state index is 13.6. The average Bonchev–Trinajstić information content (AvgIpc) is 3.72. The van der Waals surface area contributed by atoms with E-state index in [4.69, 9.17) is 9.15 Å². The lowest BCUT2D eigenvalue weighted by atomic mass is 9.79. The lowest BCUT2D eigenvalue weighted by Crippen LogP contribution is -2.47. The molecule has 10 heteroatoms. The van der Waals surface area contributed by atoms with Crippen LogP contribution in [0, 0.1) is 17.1 Å². The second kappa shape index (κ2) is 13.4. The molecular formula is C37H40FN5O4. The molecule has 5 rings (SSSR count). The summed E-state index contributed by atoms with van der Waals surface area (Å²) in [5.41, 5.74) is 0.561. The van der Waals surface area contributed by atoms with Gasteiger partial charge in [0.05, 0.1) is 17.5 Å². The number of aromatic nitrogens is 2. The maximum absolute atomic E-state index is 13.6. The Bertz CT molecular complexity index is 1770. The highest BCUT2D eigenvalue weighted by atomic mass is 19.1. The van der Waals surface area contributed by atoms with Gasteiger partial charge in [0.15, 0.2) is 0 Å². The molecule has 4 aromatic rings. The SMILES string of the molecule is C[C@@H](NC(=O)c1cc(-c2nnc(C(C)(Cc3ccccc3)NC(=O)OC(C)(C)C)o2)cc(C2(C#N)CCCC2)c1)c1ccc(F)cc1. The first kappa shape index (κ1) is 33.3. The summed E-state index contributed by atoms with van der Waals surface area (Å²) < 4.78 is 25.3. The zero-order chi connectivity index (χ0) is 33.8. The van der Waals surface area contributed by atoms with Crippen LogP contribution in [0.3, 0.4) is 0 Å². The molecule has 0 bridgehead atoms. The molecule has 2 amide bonds. The molecule has 47 heavy (non-hydrogen) atoms. The molecule has 1 unspecified atom stereocenters. The van der Waals surface area contributed by atoms with Crippen LogP contribution < -0.4 is 10.6 Å². The molecule has 0 saturated heterocycles. The number of ether oxygens (including phenoxy) is 1. The molecule has 9 nitrogen and oxygen atoms in total. The van der Waals surface area contributed by atoms with Gasteiger partial charge in [0.25, 0.3) is 5.91 Å². The molecule has 1 fully saturated rings. The fourth-order valence-corrected chi connectivity index (χ4v) is 5.99. The van der Waals surface area contributed by atoms with Crippen molar-refractivity contribution in [3.8, 4) is 17.5 Å². The number of nitriles is 1. The molecule has 0 aliphatic heterocycles. The molecule has 0 spiro atoms. The smallest absolute Gasteiger partial charge is 0.408 e. The first-order valence-corrected chi connectivity index (χ1v) is 15.8. The van der Waals surface area contributed by atoms with Crippen molar-refractivity contribution >= 4 is 12.0 Å². The van der Waals surface area contributed by atoms with E-state index < -0.39 is 28.7 Å². The zero-order valence-corrected chi connectivity index (χ0v) is 27.4. The number of carbonyl (C=O) groups excluding carboxylic acids is 2. The summed E-state index contributed by atoms with van der Waals surface area (Å²) in [5, 5.41) is 24.9. The van der Waals surface area contributed by atoms with Crippen LogP contribution in [0.4, 0.5) is 9.18 Å². The Morgan fingerprint density at radius 3 is 2.34 bits per heavy atom. The van der Waals surface area contributed by atoms with E-state index in [1.807, 2.05) is 43.3 Å². The van der Waals surface area contributed by atoms with Crippen molar-refractivity contribution in [1.82, 2.24) is 20.8 Å². The maximum Gasteiger partial charge on any atom is 0.408 e. The van der Waals surface area contributed by atoms with E-state index in [0.717, 1.165) is 24.0 Å². The number of benzene rings is 3. The van der Waals surface area contributed by atoms with Gasteiger partial charge >= 0.3 is 6.09 Å². The number of halogens is 1. The van der Waals surface area contributed by atoms with E-state index in [0.29, 0.717) is 36.0 Å². The summed E-state index contributed by atoms with van der Waals surface area (Å²) in [6, 6.07) is 22.9. The molecule has 1 aliphatic carbocycles. The standard InChI is InChI=1S/C37H40FN5O4/c1-24(26-13-15-30(38)16-14-26)40-31(44)27-19-28(21-29(20-27)37(23-39)17-9-10-18-37)32-42-43-33(46-32)36(5,22-25-11-7-6-8-12-25)41-34(45)47-35(2,3)4/h6-8,11-16,19-21,24H,9-10,17-18,22H2,1-5H3,(H,40,44)(H,41,45)/t24-,36?/m1/s1. The highest BCUT2D eigenvalue weighted by molar-refractivity contribution is 5.96. The number of hydrogen-bond donors (Lipinski definition) is 2. The summed E-state index contributed by atoms with van der Waals surface area (Å²) >= 11 is 0. The van der Waals surface area contributed by atoms with E-state index in [-0.39, 0.29) is 23.5 Å². The van der Waals surface area contributed by atoms with E-state index >= 15 is 0 Å². The molecule has 1 heterocycles. The van der Waals surface area contributed by atoms with Crippen LogP contribution in [0.1, 0.15) is 99.3 Å². The monoisotopic (exact) mass is 637 g/mol. The normalized spacial score (nSPS) is 16.0. The third-order valence-electron chi connectivity index (χ3n) is 8.46. The third kappa shape index (κ3) is 7.86. The lowest BCUT2D eigenvalue weighted by Gasteiger charge is -2.29. The second-order valence-electron chi connectivity index (χ2n) is 13.5. The quantitative estimate of drug-likeness (QED) is 0.192. The average molecular weight is 638 g/mol. The van der Waals surface area contributed by atoms with Gasteiger partial charge in [-0.15, -0.1) is 10.2 Å². The number of nitrogens with zero attached hydrogens (tertiary/aromatic N) is 3. The molecule has 2 atom stereocenters. The van der Waals surface area contributed by atoms with Gasteiger partial charge in [-0.25, -0.2) is 9.18 Å². The molecule has 1 aliphatic rings. The number of amides is 2. The predicted octanol–water partition coefficient (Wildman–Crippen LogP) is 7.68. The van der Waals surface area contributed by atoms with Crippen LogP contribution in [-0.4, -0.2) is 27.8 Å². The highest BCUT2D eigenvalue weighted by Gasteiger charge is 2.39. The molecule has 244 valence electrons. The number of carbonyl (C=O) groups is 2. The molecule has 2 N–H and O–H groups in total. The first-order chi connectivity index (χ1) is 22.3. The minimum Gasteiger partial charge on any atom is -0.444 e. The van der Waals surface area contributed by atoms with Crippen LogP contribution in [-0.2, 0) is 22.1 Å². The minimum absolute atomic E-state index is 0.138. The fraction of sp³-hybridized carbons (Fsp3) is 0.378. The summed E-state index contributed by atoms with van der Waals surface area (Å²) in [7, 11) is 0. The zero-order valence-electron chi connectivity index (χ0n) is 27.4. The largest absolute Gasteiger partial charge is 0.444 e. The third-order valence-corrected chi connectivity index (χ3v) is 8.46. The minimum atomic E-state index is -1.14. The Hall–Kier alpha value is -5.04. The van der Waals surface area contributed by atoms with Crippen molar-refractivity contribution in [2.75, 3.05) is 0 Å². The van der Waals surface area contributed by atoms with Gasteiger partial charge in [0, 0.05) is 17.5 Å². The van der Waals surface area contributed by atoms with Gasteiger partial charge in [-0.1, -0.05) is 55.3 Å². The highest BCUT2D eigenvalue weighted by Crippen LogP contribution is 2.42. The summed E-state index contributed by atoms with van der Waals surface area (Å²) in [4.78, 5) is 26.6. The molecular weight excluding hydrogens is 597 g/mol. The molecule has 3 aromatic carbocycles. The van der Waals surface area contributed by atoms with Gasteiger partial charge in [0.2, 0.25) is 11.8 Å². The number of hydrogen-bond acceptors (Lipinski definition) is 7. The van der Waals surface area contributed by atoms with Crippen molar-refractivity contribution in [1.29, 1.82) is 5.26 Å². The van der Waals surface area contributed by atoms with Gasteiger partial charge in [-0.3, -0.25) is 4.79 Å². The van der Waals surface area contributed by atoms with Crippen LogP contribution in [0.25, 0.3) is 11.5 Å². The van der Waals surface area contributed by atoms with Crippen LogP contribution in [0.15, 0.2) is 77.2 Å². The van der Waals surface area contributed by atoms with E-state index in [2.05, 4.69) is 26.9 Å². The van der Waals surface area contributed by atoms with Gasteiger partial charge in [-0.05, 0) is 94.5 Å². The summed E-state index contributed by atoms with van der Waals surface area (Å²) in [6.07, 6.45) is 2.85. The Labute approximate surface area is 274 Å². The van der Waals surface area contributed by atoms with Crippen LogP contribution in [0.2, 0.25) is 0 Å². The Morgan fingerprint density at radius 1 is 1.02 bits per heavy atom.